The first-order valence-corrected chi connectivity index (χ1v) is 8.22. The molecule has 2 heterocycles. The molecule has 1 aromatic carbocycles. The van der Waals surface area contributed by atoms with E-state index in [9.17, 15) is 4.79 Å². The summed E-state index contributed by atoms with van der Waals surface area (Å²) in [4.78, 5) is 12.4. The van der Waals surface area contributed by atoms with Gasteiger partial charge < -0.3 is 18.9 Å². The molecular weight excluding hydrogens is 296 g/mol. The van der Waals surface area contributed by atoms with Gasteiger partial charge in [0.05, 0.1) is 26.4 Å². The van der Waals surface area contributed by atoms with Crippen molar-refractivity contribution < 1.29 is 23.7 Å². The molecule has 3 atom stereocenters. The van der Waals surface area contributed by atoms with E-state index in [2.05, 4.69) is 6.92 Å². The van der Waals surface area contributed by atoms with Crippen LogP contribution in [-0.4, -0.2) is 38.5 Å². The first-order valence-electron chi connectivity index (χ1n) is 8.22. The summed E-state index contributed by atoms with van der Waals surface area (Å²) >= 11 is 0. The van der Waals surface area contributed by atoms with Gasteiger partial charge in [0, 0.05) is 18.9 Å². The van der Waals surface area contributed by atoms with Crippen molar-refractivity contribution >= 4 is 5.97 Å². The summed E-state index contributed by atoms with van der Waals surface area (Å²) in [6.45, 7) is 2.10. The van der Waals surface area contributed by atoms with Gasteiger partial charge in [0.1, 0.15) is 23.2 Å². The number of ether oxygens (including phenoxy) is 4. The van der Waals surface area contributed by atoms with Crippen LogP contribution in [-0.2, 0) is 15.9 Å². The van der Waals surface area contributed by atoms with Crippen LogP contribution < -0.4 is 9.47 Å². The largest absolute Gasteiger partial charge is 0.497 e. The van der Waals surface area contributed by atoms with Crippen molar-refractivity contribution in [2.75, 3.05) is 14.2 Å². The highest BCUT2D eigenvalue weighted by Crippen LogP contribution is 2.35. The normalized spacial score (nSPS) is 27.1. The van der Waals surface area contributed by atoms with Crippen molar-refractivity contribution in [1.82, 2.24) is 0 Å². The number of cyclic esters (lactones) is 1. The lowest BCUT2D eigenvalue weighted by Crippen LogP contribution is -2.34. The van der Waals surface area contributed by atoms with E-state index in [-0.39, 0.29) is 18.2 Å². The molecule has 0 N–H and O–H groups in total. The van der Waals surface area contributed by atoms with Crippen LogP contribution in [0.15, 0.2) is 12.1 Å². The van der Waals surface area contributed by atoms with Crippen molar-refractivity contribution in [2.45, 2.75) is 57.3 Å². The third-order valence-corrected chi connectivity index (χ3v) is 4.63. The molecule has 1 saturated heterocycles. The zero-order valence-electron chi connectivity index (χ0n) is 14.0. The maximum atomic E-state index is 12.4. The van der Waals surface area contributed by atoms with Crippen LogP contribution in [0, 0.1) is 0 Å². The van der Waals surface area contributed by atoms with Crippen LogP contribution in [0.1, 0.15) is 48.5 Å². The highest BCUT2D eigenvalue weighted by atomic mass is 16.6. The molecule has 0 amide bonds. The third kappa shape index (κ3) is 3.44. The van der Waals surface area contributed by atoms with Crippen molar-refractivity contribution in [3.63, 3.8) is 0 Å². The Kier molecular flexibility index (Phi) is 4.76. The monoisotopic (exact) mass is 320 g/mol. The average molecular weight is 320 g/mol. The number of fused-ring (bicyclic) bond motifs is 1. The van der Waals surface area contributed by atoms with E-state index < -0.39 is 0 Å². The topological polar surface area (TPSA) is 54.0 Å². The summed E-state index contributed by atoms with van der Waals surface area (Å²) in [6, 6.07) is 3.61. The van der Waals surface area contributed by atoms with Gasteiger partial charge in [0.25, 0.3) is 0 Å². The van der Waals surface area contributed by atoms with E-state index in [1.165, 1.54) is 6.42 Å². The lowest BCUT2D eigenvalue weighted by atomic mass is 9.92. The minimum Gasteiger partial charge on any atom is -0.497 e. The lowest BCUT2D eigenvalue weighted by Gasteiger charge is -2.32. The standard InChI is InChI=1S/C18H24O5/c1-11-5-4-6-13(22-11)9-15-8-12-7-14(20-2)10-16(21-3)17(12)18(19)23-15/h7,10-11,13,15H,4-6,8-9H2,1-3H3/t11-,13+,15+/m0/s1. The number of hydrogen-bond donors (Lipinski definition) is 0. The zero-order chi connectivity index (χ0) is 16.4. The Hall–Kier alpha value is -1.75. The molecule has 2 aliphatic heterocycles. The van der Waals surface area contributed by atoms with Gasteiger partial charge >= 0.3 is 5.97 Å². The molecular formula is C18H24O5. The first-order chi connectivity index (χ1) is 11.1. The molecule has 1 aromatic rings. The minimum atomic E-state index is -0.320. The molecule has 5 heteroatoms. The number of rotatable bonds is 4. The SMILES string of the molecule is COc1cc2c(c(OC)c1)C(=O)O[C@@H](C[C@H]1CCC[C@H](C)O1)C2. The van der Waals surface area contributed by atoms with Gasteiger partial charge in [-0.25, -0.2) is 4.79 Å². The lowest BCUT2D eigenvalue weighted by molar-refractivity contribution is -0.0647. The van der Waals surface area contributed by atoms with Crippen molar-refractivity contribution in [3.05, 3.63) is 23.3 Å². The summed E-state index contributed by atoms with van der Waals surface area (Å²) in [5.41, 5.74) is 1.44. The summed E-state index contributed by atoms with van der Waals surface area (Å²) < 4.78 is 22.2. The molecule has 1 fully saturated rings. The molecule has 0 spiro atoms. The molecule has 0 saturated carbocycles. The smallest absolute Gasteiger partial charge is 0.342 e. The van der Waals surface area contributed by atoms with E-state index >= 15 is 0 Å². The minimum absolute atomic E-state index is 0.151. The fourth-order valence-electron chi connectivity index (χ4n) is 3.51. The third-order valence-electron chi connectivity index (χ3n) is 4.63. The molecule has 0 radical (unpaired) electrons. The predicted molar refractivity (Wildman–Crippen MR) is 85.3 cm³/mol. The number of benzene rings is 1. The molecule has 3 rings (SSSR count). The molecule has 5 nitrogen and oxygen atoms in total. The summed E-state index contributed by atoms with van der Waals surface area (Å²) in [5.74, 6) is 0.876. The number of carbonyl (C=O) groups is 1. The highest BCUT2D eigenvalue weighted by Gasteiger charge is 2.33. The fourth-order valence-corrected chi connectivity index (χ4v) is 3.51. The molecule has 2 aliphatic rings. The van der Waals surface area contributed by atoms with E-state index in [1.54, 1.807) is 20.3 Å². The number of esters is 1. The predicted octanol–water partition coefficient (Wildman–Crippen LogP) is 3.13. The number of carbonyl (C=O) groups excluding carboxylic acids is 1. The van der Waals surface area contributed by atoms with Crippen LogP contribution in [0.3, 0.4) is 0 Å². The highest BCUT2D eigenvalue weighted by molar-refractivity contribution is 5.95. The van der Waals surface area contributed by atoms with Crippen LogP contribution in [0.25, 0.3) is 0 Å². The molecule has 0 bridgehead atoms. The van der Waals surface area contributed by atoms with Gasteiger partial charge in [-0.15, -0.1) is 0 Å². The fraction of sp³-hybridized carbons (Fsp3) is 0.611. The second kappa shape index (κ2) is 6.79. The molecule has 0 aliphatic carbocycles. The number of methoxy groups -OCH3 is 2. The first kappa shape index (κ1) is 16.1. The van der Waals surface area contributed by atoms with Crippen LogP contribution >= 0.6 is 0 Å². The second-order valence-corrected chi connectivity index (χ2v) is 6.33. The molecule has 126 valence electrons. The molecule has 23 heavy (non-hydrogen) atoms. The number of hydrogen-bond acceptors (Lipinski definition) is 5. The van der Waals surface area contributed by atoms with Gasteiger partial charge in [-0.05, 0) is 37.8 Å². The van der Waals surface area contributed by atoms with Crippen molar-refractivity contribution in [1.29, 1.82) is 0 Å². The van der Waals surface area contributed by atoms with Gasteiger partial charge in [-0.2, -0.15) is 0 Å². The van der Waals surface area contributed by atoms with Gasteiger partial charge in [0.15, 0.2) is 0 Å². The van der Waals surface area contributed by atoms with E-state index in [0.29, 0.717) is 29.6 Å². The Bertz CT molecular complexity index is 583. The van der Waals surface area contributed by atoms with Gasteiger partial charge in [-0.3, -0.25) is 0 Å². The molecule has 0 aromatic heterocycles. The average Bonchev–Trinajstić information content (AvgIpc) is 2.53. The second-order valence-electron chi connectivity index (χ2n) is 6.33. The summed E-state index contributed by atoms with van der Waals surface area (Å²) in [6.07, 6.45) is 5.04. The van der Waals surface area contributed by atoms with Crippen molar-refractivity contribution in [2.24, 2.45) is 0 Å². The Morgan fingerprint density at radius 3 is 2.70 bits per heavy atom. The van der Waals surface area contributed by atoms with Crippen LogP contribution in [0.5, 0.6) is 11.5 Å². The maximum Gasteiger partial charge on any atom is 0.342 e. The zero-order valence-corrected chi connectivity index (χ0v) is 14.0. The van der Waals surface area contributed by atoms with Crippen LogP contribution in [0.2, 0.25) is 0 Å². The maximum absolute atomic E-state index is 12.4. The Morgan fingerprint density at radius 2 is 2.00 bits per heavy atom. The Morgan fingerprint density at radius 1 is 1.17 bits per heavy atom. The van der Waals surface area contributed by atoms with E-state index in [0.717, 1.165) is 24.8 Å². The van der Waals surface area contributed by atoms with E-state index in [4.69, 9.17) is 18.9 Å². The Balaban J connectivity index is 1.78. The van der Waals surface area contributed by atoms with Crippen molar-refractivity contribution in [3.8, 4) is 11.5 Å². The van der Waals surface area contributed by atoms with E-state index in [1.807, 2.05) is 6.07 Å². The van der Waals surface area contributed by atoms with Gasteiger partial charge in [-0.1, -0.05) is 0 Å². The Labute approximate surface area is 136 Å². The summed E-state index contributed by atoms with van der Waals surface area (Å²) in [5, 5.41) is 0. The van der Waals surface area contributed by atoms with Crippen LogP contribution in [0.4, 0.5) is 0 Å². The molecule has 0 unspecified atom stereocenters. The van der Waals surface area contributed by atoms with Gasteiger partial charge in [0.2, 0.25) is 0 Å². The quantitative estimate of drug-likeness (QED) is 0.798. The summed E-state index contributed by atoms with van der Waals surface area (Å²) in [7, 11) is 3.16.